The van der Waals surface area contributed by atoms with Crippen molar-refractivity contribution in [1.29, 1.82) is 0 Å². The first-order valence-electron chi connectivity index (χ1n) is 4.90. The van der Waals surface area contributed by atoms with Gasteiger partial charge in [-0.15, -0.1) is 11.3 Å². The van der Waals surface area contributed by atoms with Gasteiger partial charge in [-0.2, -0.15) is 0 Å². The lowest BCUT2D eigenvalue weighted by molar-refractivity contribution is 0.0783. The third kappa shape index (κ3) is 2.81. The number of hydrogen-bond acceptors (Lipinski definition) is 4. The van der Waals surface area contributed by atoms with Crippen molar-refractivity contribution in [2.24, 2.45) is 0 Å². The Bertz CT molecular complexity index is 515. The molecule has 4 nitrogen and oxygen atoms in total. The Morgan fingerprint density at radius 2 is 2.41 bits per heavy atom. The standard InChI is InChI=1S/C11H10ClN3OS/c1-15(5-8-6-17-7-14-8)11(16)9-4-13-3-2-10(9)12/h2-4,6-7H,5H2,1H3. The number of amides is 1. The molecule has 2 aromatic rings. The number of hydrogen-bond donors (Lipinski definition) is 0. The van der Waals surface area contributed by atoms with Crippen LogP contribution in [0.4, 0.5) is 0 Å². The molecule has 1 amide bonds. The van der Waals surface area contributed by atoms with E-state index in [4.69, 9.17) is 11.6 Å². The summed E-state index contributed by atoms with van der Waals surface area (Å²) >= 11 is 7.45. The first-order valence-corrected chi connectivity index (χ1v) is 6.22. The van der Waals surface area contributed by atoms with Gasteiger partial charge in [0.15, 0.2) is 0 Å². The molecule has 2 rings (SSSR count). The van der Waals surface area contributed by atoms with Gasteiger partial charge in [0.1, 0.15) is 0 Å². The molecule has 88 valence electrons. The van der Waals surface area contributed by atoms with Crippen molar-refractivity contribution in [1.82, 2.24) is 14.9 Å². The van der Waals surface area contributed by atoms with Crippen LogP contribution in [0.1, 0.15) is 16.1 Å². The smallest absolute Gasteiger partial charge is 0.257 e. The highest BCUT2D eigenvalue weighted by Crippen LogP contribution is 2.16. The van der Waals surface area contributed by atoms with Crippen molar-refractivity contribution >= 4 is 28.8 Å². The Hall–Kier alpha value is -1.46. The van der Waals surface area contributed by atoms with Crippen LogP contribution in [0.3, 0.4) is 0 Å². The first kappa shape index (κ1) is 12.0. The molecule has 0 fully saturated rings. The van der Waals surface area contributed by atoms with E-state index in [0.717, 1.165) is 5.69 Å². The lowest BCUT2D eigenvalue weighted by Gasteiger charge is -2.16. The van der Waals surface area contributed by atoms with Gasteiger partial charge in [-0.3, -0.25) is 9.78 Å². The number of carbonyl (C=O) groups excluding carboxylic acids is 1. The second kappa shape index (κ2) is 5.25. The van der Waals surface area contributed by atoms with Crippen LogP contribution in [0.25, 0.3) is 0 Å². The summed E-state index contributed by atoms with van der Waals surface area (Å²) < 4.78 is 0. The molecule has 6 heteroatoms. The number of thiazole rings is 1. The normalized spacial score (nSPS) is 10.2. The Morgan fingerprint density at radius 1 is 1.59 bits per heavy atom. The van der Waals surface area contributed by atoms with Crippen molar-refractivity contribution in [2.45, 2.75) is 6.54 Å². The molecule has 0 aromatic carbocycles. The largest absolute Gasteiger partial charge is 0.336 e. The molecule has 0 N–H and O–H groups in total. The molecule has 0 aliphatic heterocycles. The molecule has 17 heavy (non-hydrogen) atoms. The van der Waals surface area contributed by atoms with Crippen LogP contribution >= 0.6 is 22.9 Å². The fraction of sp³-hybridized carbons (Fsp3) is 0.182. The predicted octanol–water partition coefficient (Wildman–Crippen LogP) is 2.46. The van der Waals surface area contributed by atoms with E-state index in [-0.39, 0.29) is 5.91 Å². The Morgan fingerprint density at radius 3 is 3.06 bits per heavy atom. The van der Waals surface area contributed by atoms with Gasteiger partial charge in [-0.25, -0.2) is 4.98 Å². The Labute approximate surface area is 108 Å². The van der Waals surface area contributed by atoms with E-state index >= 15 is 0 Å². The summed E-state index contributed by atoms with van der Waals surface area (Å²) in [5, 5.41) is 2.32. The SMILES string of the molecule is CN(Cc1cscn1)C(=O)c1cnccc1Cl. The fourth-order valence-electron chi connectivity index (χ4n) is 1.37. The van der Waals surface area contributed by atoms with Gasteiger partial charge >= 0.3 is 0 Å². The molecule has 2 aromatic heterocycles. The van der Waals surface area contributed by atoms with Crippen LogP contribution < -0.4 is 0 Å². The zero-order valence-electron chi connectivity index (χ0n) is 9.13. The van der Waals surface area contributed by atoms with E-state index in [1.54, 1.807) is 29.7 Å². The molecule has 0 bridgehead atoms. The van der Waals surface area contributed by atoms with E-state index in [1.165, 1.54) is 17.5 Å². The summed E-state index contributed by atoms with van der Waals surface area (Å²) in [6.45, 7) is 0.466. The molecule has 2 heterocycles. The van der Waals surface area contributed by atoms with Crippen LogP contribution in [0, 0.1) is 0 Å². The van der Waals surface area contributed by atoms with E-state index < -0.39 is 0 Å². The minimum Gasteiger partial charge on any atom is -0.336 e. The van der Waals surface area contributed by atoms with Crippen LogP contribution in [0.2, 0.25) is 5.02 Å². The maximum absolute atomic E-state index is 12.1. The van der Waals surface area contributed by atoms with Crippen LogP contribution in [0.5, 0.6) is 0 Å². The molecule has 0 atom stereocenters. The predicted molar refractivity (Wildman–Crippen MR) is 67.2 cm³/mol. The second-order valence-corrected chi connectivity index (χ2v) is 4.62. The van der Waals surface area contributed by atoms with Crippen LogP contribution in [-0.2, 0) is 6.54 Å². The van der Waals surface area contributed by atoms with Crippen LogP contribution in [-0.4, -0.2) is 27.8 Å². The summed E-state index contributed by atoms with van der Waals surface area (Å²) in [7, 11) is 1.71. The third-order valence-corrected chi connectivity index (χ3v) is 3.19. The lowest BCUT2D eigenvalue weighted by atomic mass is 10.2. The summed E-state index contributed by atoms with van der Waals surface area (Å²) in [6.07, 6.45) is 3.03. The number of nitrogens with zero attached hydrogens (tertiary/aromatic N) is 3. The minimum atomic E-state index is -0.156. The van der Waals surface area contributed by atoms with Gasteiger partial charge in [0, 0.05) is 24.8 Å². The van der Waals surface area contributed by atoms with Gasteiger partial charge in [0.05, 0.1) is 28.3 Å². The minimum absolute atomic E-state index is 0.156. The summed E-state index contributed by atoms with van der Waals surface area (Å²) in [5.41, 5.74) is 3.02. The molecule has 0 spiro atoms. The fourth-order valence-corrected chi connectivity index (χ4v) is 2.11. The van der Waals surface area contributed by atoms with Gasteiger partial charge in [-0.1, -0.05) is 11.6 Å². The van der Waals surface area contributed by atoms with Gasteiger partial charge in [0.25, 0.3) is 5.91 Å². The second-order valence-electron chi connectivity index (χ2n) is 3.50. The van der Waals surface area contributed by atoms with Crippen molar-refractivity contribution in [3.63, 3.8) is 0 Å². The molecular weight excluding hydrogens is 258 g/mol. The third-order valence-electron chi connectivity index (χ3n) is 2.23. The summed E-state index contributed by atoms with van der Waals surface area (Å²) in [5.74, 6) is -0.156. The molecular formula is C11H10ClN3OS. The number of aromatic nitrogens is 2. The maximum Gasteiger partial charge on any atom is 0.257 e. The Balaban J connectivity index is 2.13. The molecule has 0 aliphatic carbocycles. The summed E-state index contributed by atoms with van der Waals surface area (Å²) in [4.78, 5) is 21.7. The molecule has 0 radical (unpaired) electrons. The monoisotopic (exact) mass is 267 g/mol. The quantitative estimate of drug-likeness (QED) is 0.858. The van der Waals surface area contributed by atoms with E-state index in [0.29, 0.717) is 17.1 Å². The van der Waals surface area contributed by atoms with Crippen molar-refractivity contribution in [3.8, 4) is 0 Å². The lowest BCUT2D eigenvalue weighted by Crippen LogP contribution is -2.26. The topological polar surface area (TPSA) is 46.1 Å². The first-order chi connectivity index (χ1) is 8.18. The van der Waals surface area contributed by atoms with Crippen LogP contribution in [0.15, 0.2) is 29.4 Å². The Kier molecular flexibility index (Phi) is 3.71. The molecule has 0 saturated heterocycles. The highest BCUT2D eigenvalue weighted by Gasteiger charge is 2.15. The summed E-state index contributed by atoms with van der Waals surface area (Å²) in [6, 6.07) is 1.60. The van der Waals surface area contributed by atoms with Crippen molar-refractivity contribution in [3.05, 3.63) is 45.6 Å². The van der Waals surface area contributed by atoms with Crippen molar-refractivity contribution < 1.29 is 4.79 Å². The highest BCUT2D eigenvalue weighted by atomic mass is 35.5. The zero-order chi connectivity index (χ0) is 12.3. The number of pyridine rings is 1. The zero-order valence-corrected chi connectivity index (χ0v) is 10.7. The van der Waals surface area contributed by atoms with E-state index in [2.05, 4.69) is 9.97 Å². The molecule has 0 saturated carbocycles. The van der Waals surface area contributed by atoms with E-state index in [1.807, 2.05) is 5.38 Å². The van der Waals surface area contributed by atoms with Gasteiger partial charge in [-0.05, 0) is 6.07 Å². The average molecular weight is 268 g/mol. The maximum atomic E-state index is 12.1. The van der Waals surface area contributed by atoms with Gasteiger partial charge in [0.2, 0.25) is 0 Å². The van der Waals surface area contributed by atoms with Gasteiger partial charge < -0.3 is 4.90 Å². The van der Waals surface area contributed by atoms with E-state index in [9.17, 15) is 4.79 Å². The molecule has 0 aliphatic rings. The number of halogens is 1. The number of rotatable bonds is 3. The average Bonchev–Trinajstić information content (AvgIpc) is 2.81. The number of carbonyl (C=O) groups is 1. The highest BCUT2D eigenvalue weighted by molar-refractivity contribution is 7.07. The molecule has 0 unspecified atom stereocenters. The van der Waals surface area contributed by atoms with Crippen molar-refractivity contribution in [2.75, 3.05) is 7.05 Å².